The maximum atomic E-state index is 15.0. The van der Waals surface area contributed by atoms with Crippen molar-refractivity contribution >= 4 is 5.91 Å². The molecule has 1 unspecified atom stereocenters. The first kappa shape index (κ1) is 19.8. The summed E-state index contributed by atoms with van der Waals surface area (Å²) in [6.07, 6.45) is 0.394. The van der Waals surface area contributed by atoms with Gasteiger partial charge in [0.15, 0.2) is 0 Å². The third-order valence-corrected chi connectivity index (χ3v) is 6.11. The van der Waals surface area contributed by atoms with E-state index in [-0.39, 0.29) is 30.2 Å². The molecule has 0 radical (unpaired) electrons. The van der Waals surface area contributed by atoms with E-state index in [4.69, 9.17) is 4.74 Å². The van der Waals surface area contributed by atoms with Gasteiger partial charge in [0.2, 0.25) is 5.91 Å². The molecule has 154 valence electrons. The maximum Gasteiger partial charge on any atom is 0.240 e. The number of likely N-dealkylation sites (tertiary alicyclic amines) is 2. The first-order valence-electron chi connectivity index (χ1n) is 10.1. The Morgan fingerprint density at radius 1 is 1.03 bits per heavy atom. The number of ether oxygens (including phenoxy) is 1. The topological polar surface area (TPSA) is 32.8 Å². The number of halogens is 2. The third-order valence-electron chi connectivity index (χ3n) is 6.11. The third kappa shape index (κ3) is 4.27. The van der Waals surface area contributed by atoms with Gasteiger partial charge < -0.3 is 9.64 Å². The smallest absolute Gasteiger partial charge is 0.240 e. The van der Waals surface area contributed by atoms with E-state index in [2.05, 4.69) is 0 Å². The Morgan fingerprint density at radius 2 is 1.76 bits per heavy atom. The molecule has 0 aromatic heterocycles. The summed E-state index contributed by atoms with van der Waals surface area (Å²) in [7, 11) is 1.61. The highest BCUT2D eigenvalue weighted by atomic mass is 19.1. The molecule has 2 heterocycles. The summed E-state index contributed by atoms with van der Waals surface area (Å²) in [6.45, 7) is 2.10. The summed E-state index contributed by atoms with van der Waals surface area (Å²) < 4.78 is 33.3. The number of hydrogen-bond donors (Lipinski definition) is 0. The SMILES string of the molecule is COc1ccc([C@@H]2CCN(C3CCN(Cc4ccc(F)cc4)C3=O)C[C@H]2F)cc1. The number of amides is 1. The van der Waals surface area contributed by atoms with Crippen LogP contribution < -0.4 is 4.74 Å². The largest absolute Gasteiger partial charge is 0.497 e. The van der Waals surface area contributed by atoms with Gasteiger partial charge >= 0.3 is 0 Å². The van der Waals surface area contributed by atoms with Crippen molar-refractivity contribution in [2.75, 3.05) is 26.7 Å². The van der Waals surface area contributed by atoms with E-state index < -0.39 is 6.17 Å². The van der Waals surface area contributed by atoms with Gasteiger partial charge in [-0.15, -0.1) is 0 Å². The number of carbonyl (C=O) groups excluding carboxylic acids is 1. The quantitative estimate of drug-likeness (QED) is 0.766. The summed E-state index contributed by atoms with van der Waals surface area (Å²) in [5, 5.41) is 0. The number of nitrogens with zero attached hydrogens (tertiary/aromatic N) is 2. The van der Waals surface area contributed by atoms with E-state index in [9.17, 15) is 13.6 Å². The van der Waals surface area contributed by atoms with E-state index in [1.54, 1.807) is 24.1 Å². The van der Waals surface area contributed by atoms with Crippen LogP contribution in [-0.4, -0.2) is 54.7 Å². The van der Waals surface area contributed by atoms with Gasteiger partial charge in [-0.3, -0.25) is 9.69 Å². The predicted octanol–water partition coefficient (Wildman–Crippen LogP) is 3.76. The molecule has 0 N–H and O–H groups in total. The van der Waals surface area contributed by atoms with E-state index in [0.717, 1.165) is 16.9 Å². The molecule has 2 aliphatic rings. The Labute approximate surface area is 170 Å². The molecule has 2 aliphatic heterocycles. The molecular formula is C23H26F2N2O2. The highest BCUT2D eigenvalue weighted by Crippen LogP contribution is 2.33. The van der Waals surface area contributed by atoms with Gasteiger partial charge in [-0.25, -0.2) is 8.78 Å². The molecule has 4 rings (SSSR count). The lowest BCUT2D eigenvalue weighted by Crippen LogP contribution is -2.49. The minimum atomic E-state index is -1.00. The van der Waals surface area contributed by atoms with E-state index in [1.807, 2.05) is 29.2 Å². The molecular weight excluding hydrogens is 374 g/mol. The number of alkyl halides is 1. The van der Waals surface area contributed by atoms with Gasteiger partial charge in [-0.1, -0.05) is 24.3 Å². The van der Waals surface area contributed by atoms with Crippen molar-refractivity contribution in [3.8, 4) is 5.75 Å². The van der Waals surface area contributed by atoms with Crippen LogP contribution in [0.2, 0.25) is 0 Å². The van der Waals surface area contributed by atoms with Crippen molar-refractivity contribution in [3.05, 3.63) is 65.5 Å². The van der Waals surface area contributed by atoms with E-state index in [1.165, 1.54) is 12.1 Å². The Kier molecular flexibility index (Phi) is 5.81. The van der Waals surface area contributed by atoms with Gasteiger partial charge in [-0.2, -0.15) is 0 Å². The molecule has 0 spiro atoms. The van der Waals surface area contributed by atoms with Crippen molar-refractivity contribution in [2.45, 2.75) is 37.5 Å². The van der Waals surface area contributed by atoms with E-state index in [0.29, 0.717) is 32.5 Å². The second-order valence-corrected chi connectivity index (χ2v) is 7.87. The highest BCUT2D eigenvalue weighted by Gasteiger charge is 2.40. The standard InChI is InChI=1S/C23H26F2N2O2/c1-29-19-8-4-17(5-9-19)20-10-12-26(15-21(20)25)22-11-13-27(23(22)28)14-16-2-6-18(24)7-3-16/h2-9,20-22H,10-15H2,1H3/t20-,21+,22?/m0/s1. The maximum absolute atomic E-state index is 15.0. The second kappa shape index (κ2) is 8.49. The molecule has 2 fully saturated rings. The normalized spacial score (nSPS) is 25.4. The number of hydrogen-bond acceptors (Lipinski definition) is 3. The van der Waals surface area contributed by atoms with Crippen LogP contribution >= 0.6 is 0 Å². The first-order chi connectivity index (χ1) is 14.0. The van der Waals surface area contributed by atoms with Crippen molar-refractivity contribution in [1.29, 1.82) is 0 Å². The average Bonchev–Trinajstić information content (AvgIpc) is 3.10. The van der Waals surface area contributed by atoms with E-state index >= 15 is 0 Å². The lowest BCUT2D eigenvalue weighted by molar-refractivity contribution is -0.133. The zero-order valence-electron chi connectivity index (χ0n) is 16.6. The van der Waals surface area contributed by atoms with Crippen LogP contribution in [0.5, 0.6) is 5.75 Å². The number of methoxy groups -OCH3 is 1. The van der Waals surface area contributed by atoms with Gasteiger partial charge in [0.05, 0.1) is 13.2 Å². The van der Waals surface area contributed by atoms with Crippen LogP contribution in [0.15, 0.2) is 48.5 Å². The average molecular weight is 400 g/mol. The van der Waals surface area contributed by atoms with Crippen LogP contribution in [-0.2, 0) is 11.3 Å². The molecule has 2 aromatic carbocycles. The van der Waals surface area contributed by atoms with Crippen molar-refractivity contribution in [2.24, 2.45) is 0 Å². The number of piperidine rings is 1. The molecule has 2 aromatic rings. The molecule has 6 heteroatoms. The van der Waals surface area contributed by atoms with Crippen molar-refractivity contribution in [3.63, 3.8) is 0 Å². The lowest BCUT2D eigenvalue weighted by Gasteiger charge is -2.37. The Hall–Kier alpha value is -2.47. The van der Waals surface area contributed by atoms with Gasteiger partial charge in [-0.05, 0) is 54.8 Å². The number of rotatable bonds is 5. The summed E-state index contributed by atoms with van der Waals surface area (Å²) in [5.74, 6) is 0.376. The molecule has 3 atom stereocenters. The Balaban J connectivity index is 1.36. The fourth-order valence-corrected chi connectivity index (χ4v) is 4.47. The van der Waals surface area contributed by atoms with Gasteiger partial charge in [0.1, 0.15) is 17.7 Å². The minimum absolute atomic E-state index is 0.0458. The van der Waals surface area contributed by atoms with Crippen molar-refractivity contribution in [1.82, 2.24) is 9.80 Å². The summed E-state index contributed by atoms with van der Waals surface area (Å²) in [6, 6.07) is 13.5. The first-order valence-corrected chi connectivity index (χ1v) is 10.1. The highest BCUT2D eigenvalue weighted by molar-refractivity contribution is 5.84. The van der Waals surface area contributed by atoms with Crippen molar-refractivity contribution < 1.29 is 18.3 Å². The van der Waals surface area contributed by atoms with Crippen LogP contribution in [0.1, 0.15) is 29.9 Å². The van der Waals surface area contributed by atoms with Crippen LogP contribution in [0.3, 0.4) is 0 Å². The molecule has 0 saturated carbocycles. The molecule has 29 heavy (non-hydrogen) atoms. The van der Waals surface area contributed by atoms with Crippen LogP contribution in [0.4, 0.5) is 8.78 Å². The Morgan fingerprint density at radius 3 is 2.41 bits per heavy atom. The Bertz CT molecular complexity index is 841. The van der Waals surface area contributed by atoms with Crippen LogP contribution in [0, 0.1) is 5.82 Å². The number of carbonyl (C=O) groups is 1. The molecule has 2 saturated heterocycles. The second-order valence-electron chi connectivity index (χ2n) is 7.87. The summed E-state index contributed by atoms with van der Waals surface area (Å²) in [5.41, 5.74) is 1.88. The fraction of sp³-hybridized carbons (Fsp3) is 0.435. The summed E-state index contributed by atoms with van der Waals surface area (Å²) in [4.78, 5) is 16.7. The molecule has 1 amide bonds. The molecule has 0 aliphatic carbocycles. The van der Waals surface area contributed by atoms with Crippen LogP contribution in [0.25, 0.3) is 0 Å². The zero-order valence-corrected chi connectivity index (χ0v) is 16.6. The summed E-state index contributed by atoms with van der Waals surface area (Å²) >= 11 is 0. The van der Waals surface area contributed by atoms with Gasteiger partial charge in [0, 0.05) is 25.6 Å². The minimum Gasteiger partial charge on any atom is -0.497 e. The lowest BCUT2D eigenvalue weighted by atomic mass is 9.87. The molecule has 0 bridgehead atoms. The monoisotopic (exact) mass is 400 g/mol. The number of benzene rings is 2. The zero-order chi connectivity index (χ0) is 20.4. The van der Waals surface area contributed by atoms with Gasteiger partial charge in [0.25, 0.3) is 0 Å². The predicted molar refractivity (Wildman–Crippen MR) is 107 cm³/mol. The fourth-order valence-electron chi connectivity index (χ4n) is 4.47. The molecule has 4 nitrogen and oxygen atoms in total.